The number of pyridine rings is 1. The van der Waals surface area contributed by atoms with Crippen LogP contribution in [0.1, 0.15) is 0 Å². The summed E-state index contributed by atoms with van der Waals surface area (Å²) in [6, 6.07) is 5.72. The molecule has 0 saturated carbocycles. The predicted molar refractivity (Wildman–Crippen MR) is 44.0 cm³/mol. The topological polar surface area (TPSA) is 33.2 Å². The average molecular weight is 152 g/mol. The standard InChI is InChI=1S/C5H5N.C3H7NO/c1-2-4-6-5-3-1;1-4(2)3-5/h1-5H;3H,1-2H3. The molecule has 0 atom stereocenters. The van der Waals surface area contributed by atoms with E-state index in [1.54, 1.807) is 26.5 Å². The van der Waals surface area contributed by atoms with E-state index in [-0.39, 0.29) is 0 Å². The highest BCUT2D eigenvalue weighted by Crippen LogP contribution is 1.73. The molecule has 3 heteroatoms. The van der Waals surface area contributed by atoms with Crippen LogP contribution < -0.4 is 0 Å². The molecule has 0 spiro atoms. The Balaban J connectivity index is 0.000000187. The highest BCUT2D eigenvalue weighted by molar-refractivity contribution is 5.45. The van der Waals surface area contributed by atoms with Crippen molar-refractivity contribution in [2.75, 3.05) is 14.1 Å². The molecule has 0 unspecified atom stereocenters. The smallest absolute Gasteiger partial charge is 0.209 e. The van der Waals surface area contributed by atoms with E-state index in [4.69, 9.17) is 0 Å². The van der Waals surface area contributed by atoms with Crippen molar-refractivity contribution in [2.45, 2.75) is 0 Å². The van der Waals surface area contributed by atoms with Crippen LogP contribution in [0.5, 0.6) is 0 Å². The van der Waals surface area contributed by atoms with E-state index < -0.39 is 0 Å². The Labute approximate surface area is 66.7 Å². The molecule has 1 rings (SSSR count). The lowest BCUT2D eigenvalue weighted by molar-refractivity contribution is -0.115. The van der Waals surface area contributed by atoms with Gasteiger partial charge in [0.2, 0.25) is 6.41 Å². The van der Waals surface area contributed by atoms with Crippen LogP contribution in [0.4, 0.5) is 0 Å². The van der Waals surface area contributed by atoms with Crippen molar-refractivity contribution in [3.63, 3.8) is 0 Å². The summed E-state index contributed by atoms with van der Waals surface area (Å²) in [5, 5.41) is 0. The van der Waals surface area contributed by atoms with Crippen LogP contribution in [-0.2, 0) is 4.79 Å². The lowest BCUT2D eigenvalue weighted by Crippen LogP contribution is -2.06. The molecule has 1 aromatic heterocycles. The van der Waals surface area contributed by atoms with Crippen molar-refractivity contribution in [1.29, 1.82) is 0 Å². The summed E-state index contributed by atoms with van der Waals surface area (Å²) in [4.78, 5) is 14.7. The highest BCUT2D eigenvalue weighted by Gasteiger charge is 1.68. The molecular formula is C8H12N2O. The zero-order valence-electron chi connectivity index (χ0n) is 6.77. The third-order valence-electron chi connectivity index (χ3n) is 0.777. The number of carbonyl (C=O) groups is 1. The van der Waals surface area contributed by atoms with Gasteiger partial charge < -0.3 is 4.90 Å². The SMILES string of the molecule is CN(C)C=O.c1ccncc1. The van der Waals surface area contributed by atoms with Crippen LogP contribution in [0.3, 0.4) is 0 Å². The van der Waals surface area contributed by atoms with E-state index in [1.807, 2.05) is 18.2 Å². The van der Waals surface area contributed by atoms with Crippen LogP contribution in [0.2, 0.25) is 0 Å². The zero-order chi connectivity index (χ0) is 8.53. The van der Waals surface area contributed by atoms with Crippen LogP contribution in [0.15, 0.2) is 30.6 Å². The lowest BCUT2D eigenvalue weighted by atomic mass is 10.5. The highest BCUT2D eigenvalue weighted by atomic mass is 16.1. The fourth-order valence-electron chi connectivity index (χ4n) is 0.313. The molecule has 0 aliphatic heterocycles. The molecule has 0 aromatic carbocycles. The Morgan fingerprint density at radius 3 is 1.73 bits per heavy atom. The van der Waals surface area contributed by atoms with Crippen molar-refractivity contribution < 1.29 is 4.79 Å². The van der Waals surface area contributed by atoms with Gasteiger partial charge in [-0.3, -0.25) is 9.78 Å². The largest absolute Gasteiger partial charge is 0.351 e. The van der Waals surface area contributed by atoms with E-state index in [9.17, 15) is 4.79 Å². The minimum absolute atomic E-state index is 0.750. The van der Waals surface area contributed by atoms with Gasteiger partial charge in [-0.05, 0) is 12.1 Å². The first-order valence-electron chi connectivity index (χ1n) is 3.24. The first-order valence-corrected chi connectivity index (χ1v) is 3.24. The van der Waals surface area contributed by atoms with Crippen LogP contribution in [-0.4, -0.2) is 30.4 Å². The van der Waals surface area contributed by atoms with Crippen molar-refractivity contribution in [2.24, 2.45) is 0 Å². The molecule has 0 N–H and O–H groups in total. The summed E-state index contributed by atoms with van der Waals surface area (Å²) >= 11 is 0. The summed E-state index contributed by atoms with van der Waals surface area (Å²) in [6.45, 7) is 0. The van der Waals surface area contributed by atoms with Crippen molar-refractivity contribution >= 4 is 6.41 Å². The second-order valence-corrected chi connectivity index (χ2v) is 2.09. The van der Waals surface area contributed by atoms with Gasteiger partial charge in [0.05, 0.1) is 0 Å². The van der Waals surface area contributed by atoms with E-state index >= 15 is 0 Å². The Morgan fingerprint density at radius 1 is 1.18 bits per heavy atom. The quantitative estimate of drug-likeness (QED) is 0.557. The molecule has 3 nitrogen and oxygen atoms in total. The molecule has 0 fully saturated rings. The number of rotatable bonds is 1. The molecule has 0 aliphatic carbocycles. The first-order chi connectivity index (χ1) is 5.27. The molecule has 11 heavy (non-hydrogen) atoms. The first kappa shape index (κ1) is 9.62. The van der Waals surface area contributed by atoms with Crippen molar-refractivity contribution in [3.05, 3.63) is 30.6 Å². The number of nitrogens with zero attached hydrogens (tertiary/aromatic N) is 2. The second kappa shape index (κ2) is 6.74. The van der Waals surface area contributed by atoms with E-state index in [0.717, 1.165) is 6.41 Å². The van der Waals surface area contributed by atoms with Crippen LogP contribution in [0.25, 0.3) is 0 Å². The molecule has 0 saturated heterocycles. The van der Waals surface area contributed by atoms with Gasteiger partial charge in [0, 0.05) is 26.5 Å². The molecule has 0 radical (unpaired) electrons. The minimum atomic E-state index is 0.750. The van der Waals surface area contributed by atoms with Gasteiger partial charge in [0.1, 0.15) is 0 Å². The van der Waals surface area contributed by atoms with Crippen molar-refractivity contribution in [1.82, 2.24) is 9.88 Å². The Bertz CT molecular complexity index is 148. The summed E-state index contributed by atoms with van der Waals surface area (Å²) < 4.78 is 0. The second-order valence-electron chi connectivity index (χ2n) is 2.09. The number of aromatic nitrogens is 1. The lowest BCUT2D eigenvalue weighted by Gasteiger charge is -1.93. The zero-order valence-corrected chi connectivity index (χ0v) is 6.77. The summed E-state index contributed by atoms with van der Waals surface area (Å²) in [5.41, 5.74) is 0. The molecule has 0 aliphatic rings. The van der Waals surface area contributed by atoms with Crippen LogP contribution >= 0.6 is 0 Å². The van der Waals surface area contributed by atoms with Crippen LogP contribution in [0, 0.1) is 0 Å². The van der Waals surface area contributed by atoms with Crippen molar-refractivity contribution in [3.8, 4) is 0 Å². The van der Waals surface area contributed by atoms with E-state index in [2.05, 4.69) is 4.98 Å². The van der Waals surface area contributed by atoms with E-state index in [1.165, 1.54) is 4.90 Å². The maximum Gasteiger partial charge on any atom is 0.209 e. The fourth-order valence-corrected chi connectivity index (χ4v) is 0.313. The molecule has 60 valence electrons. The molecule has 1 aromatic rings. The number of carbonyl (C=O) groups excluding carboxylic acids is 1. The molecular weight excluding hydrogens is 140 g/mol. The summed E-state index contributed by atoms with van der Waals surface area (Å²) in [5.74, 6) is 0. The average Bonchev–Trinajstić information content (AvgIpc) is 2.09. The Hall–Kier alpha value is -1.38. The summed E-state index contributed by atoms with van der Waals surface area (Å²) in [7, 11) is 3.38. The molecule has 1 amide bonds. The number of hydrogen-bond acceptors (Lipinski definition) is 2. The van der Waals surface area contributed by atoms with Gasteiger partial charge in [0.25, 0.3) is 0 Å². The Kier molecular flexibility index (Phi) is 5.89. The predicted octanol–water partition coefficient (Wildman–Crippen LogP) is 0.786. The Morgan fingerprint density at radius 2 is 1.64 bits per heavy atom. The van der Waals surface area contributed by atoms with Gasteiger partial charge in [-0.25, -0.2) is 0 Å². The van der Waals surface area contributed by atoms with Gasteiger partial charge in [-0.15, -0.1) is 0 Å². The number of amides is 1. The normalized spacial score (nSPS) is 7.45. The maximum absolute atomic E-state index is 9.43. The number of hydrogen-bond donors (Lipinski definition) is 0. The maximum atomic E-state index is 9.43. The van der Waals surface area contributed by atoms with Gasteiger partial charge in [-0.2, -0.15) is 0 Å². The molecule has 1 heterocycles. The van der Waals surface area contributed by atoms with E-state index in [0.29, 0.717) is 0 Å². The van der Waals surface area contributed by atoms with Gasteiger partial charge in [-0.1, -0.05) is 6.07 Å². The van der Waals surface area contributed by atoms with Gasteiger partial charge in [0.15, 0.2) is 0 Å². The minimum Gasteiger partial charge on any atom is -0.351 e. The third kappa shape index (κ3) is 8.62. The monoisotopic (exact) mass is 152 g/mol. The summed E-state index contributed by atoms with van der Waals surface area (Å²) in [6.07, 6.45) is 4.25. The van der Waals surface area contributed by atoms with Gasteiger partial charge >= 0.3 is 0 Å². The third-order valence-corrected chi connectivity index (χ3v) is 0.777. The fraction of sp³-hybridized carbons (Fsp3) is 0.250. The molecule has 0 bridgehead atoms.